The minimum absolute atomic E-state index is 0.0816. The molecule has 0 bridgehead atoms. The van der Waals surface area contributed by atoms with Crippen LogP contribution in [0.2, 0.25) is 5.02 Å². The Bertz CT molecular complexity index is 946. The van der Waals surface area contributed by atoms with Gasteiger partial charge >= 0.3 is 0 Å². The molecule has 6 heteroatoms. The first kappa shape index (κ1) is 19.9. The lowest BCUT2D eigenvalue weighted by Crippen LogP contribution is -2.42. The van der Waals surface area contributed by atoms with Crippen LogP contribution in [-0.4, -0.2) is 41.3 Å². The molecule has 4 nitrogen and oxygen atoms in total. The molecule has 148 valence electrons. The first-order valence-electron chi connectivity index (χ1n) is 9.72. The maximum Gasteiger partial charge on any atom is 0.108 e. The van der Waals surface area contributed by atoms with Crippen molar-refractivity contribution in [2.45, 2.75) is 37.8 Å². The van der Waals surface area contributed by atoms with E-state index in [0.717, 1.165) is 34.0 Å². The molecule has 1 saturated heterocycles. The summed E-state index contributed by atoms with van der Waals surface area (Å²) in [5, 5.41) is 9.08. The van der Waals surface area contributed by atoms with Crippen molar-refractivity contribution in [3.8, 4) is 0 Å². The number of hydrogen-bond donors (Lipinski definition) is 1. The van der Waals surface area contributed by atoms with Crippen LogP contribution in [0.3, 0.4) is 0 Å². The van der Waals surface area contributed by atoms with E-state index < -0.39 is 0 Å². The fraction of sp³-hybridized carbons (Fsp3) is 0.409. The molecule has 2 unspecified atom stereocenters. The number of hydrogen-bond acceptors (Lipinski definition) is 3. The van der Waals surface area contributed by atoms with Crippen molar-refractivity contribution < 1.29 is 4.74 Å². The standard InChI is InChI=1S/C22H25BrClN3O/c1-14(19-11-17(24)12-20-21(19)25-26-22(20)23)28-13-18-10-16(8-9-27(18)2)15-6-4-3-5-7-15/h3-7,11-12,14,16,18H,8-10,13H2,1-2H3,(H,25,26)/t14-,16?,18?/m1/s1. The number of H-pyrrole nitrogens is 1. The van der Waals surface area contributed by atoms with Crippen LogP contribution in [0.1, 0.15) is 42.9 Å². The molecule has 1 fully saturated rings. The number of benzene rings is 2. The smallest absolute Gasteiger partial charge is 0.108 e. The molecule has 2 heterocycles. The van der Waals surface area contributed by atoms with Crippen LogP contribution < -0.4 is 0 Å². The number of ether oxygens (including phenoxy) is 1. The van der Waals surface area contributed by atoms with Gasteiger partial charge in [-0.2, -0.15) is 5.10 Å². The van der Waals surface area contributed by atoms with Gasteiger partial charge in [-0.3, -0.25) is 5.10 Å². The third-order valence-corrected chi connectivity index (χ3v) is 6.69. The van der Waals surface area contributed by atoms with Crippen LogP contribution in [0.4, 0.5) is 0 Å². The predicted molar refractivity (Wildman–Crippen MR) is 118 cm³/mol. The number of nitrogens with zero attached hydrogens (tertiary/aromatic N) is 2. The summed E-state index contributed by atoms with van der Waals surface area (Å²) in [5.41, 5.74) is 3.36. The van der Waals surface area contributed by atoms with Crippen LogP contribution >= 0.6 is 27.5 Å². The lowest BCUT2D eigenvalue weighted by atomic mass is 9.86. The quantitative estimate of drug-likeness (QED) is 0.510. The number of likely N-dealkylation sites (tertiary alicyclic amines) is 1. The third kappa shape index (κ3) is 4.13. The molecule has 0 spiro atoms. The van der Waals surface area contributed by atoms with E-state index >= 15 is 0 Å². The van der Waals surface area contributed by atoms with E-state index in [-0.39, 0.29) is 6.10 Å². The average Bonchev–Trinajstić information content (AvgIpc) is 3.08. The minimum atomic E-state index is -0.0816. The monoisotopic (exact) mass is 461 g/mol. The molecule has 2 aromatic carbocycles. The number of nitrogens with one attached hydrogen (secondary N) is 1. The van der Waals surface area contributed by atoms with Gasteiger partial charge < -0.3 is 9.64 Å². The molecule has 0 aliphatic carbocycles. The molecule has 0 radical (unpaired) electrons. The average molecular weight is 463 g/mol. The number of likely N-dealkylation sites (N-methyl/N-ethyl adjacent to an activating group) is 1. The van der Waals surface area contributed by atoms with Crippen LogP contribution in [0.25, 0.3) is 10.9 Å². The fourth-order valence-corrected chi connectivity index (χ4v) is 4.74. The van der Waals surface area contributed by atoms with E-state index in [2.05, 4.69) is 75.3 Å². The molecular weight excluding hydrogens is 438 g/mol. The zero-order chi connectivity index (χ0) is 19.7. The Morgan fingerprint density at radius 3 is 2.89 bits per heavy atom. The molecule has 28 heavy (non-hydrogen) atoms. The summed E-state index contributed by atoms with van der Waals surface area (Å²) in [4.78, 5) is 2.42. The highest BCUT2D eigenvalue weighted by atomic mass is 79.9. The molecule has 1 aliphatic rings. The summed E-state index contributed by atoms with van der Waals surface area (Å²) < 4.78 is 7.17. The van der Waals surface area contributed by atoms with Gasteiger partial charge in [0.15, 0.2) is 0 Å². The summed E-state index contributed by atoms with van der Waals surface area (Å²) in [6.45, 7) is 3.86. The highest BCUT2D eigenvalue weighted by molar-refractivity contribution is 9.10. The zero-order valence-corrected chi connectivity index (χ0v) is 18.5. The van der Waals surface area contributed by atoms with Crippen molar-refractivity contribution in [2.75, 3.05) is 20.2 Å². The normalized spacial score (nSPS) is 21.9. The van der Waals surface area contributed by atoms with Gasteiger partial charge in [-0.1, -0.05) is 41.9 Å². The number of aromatic amines is 1. The minimum Gasteiger partial charge on any atom is -0.372 e. The van der Waals surface area contributed by atoms with Crippen LogP contribution in [-0.2, 0) is 4.74 Å². The van der Waals surface area contributed by atoms with Gasteiger partial charge in [0.25, 0.3) is 0 Å². The number of piperidine rings is 1. The highest BCUT2D eigenvalue weighted by Crippen LogP contribution is 2.34. The van der Waals surface area contributed by atoms with Crippen molar-refractivity contribution in [1.82, 2.24) is 15.1 Å². The second kappa shape index (κ2) is 8.54. The Labute approximate surface area is 179 Å². The van der Waals surface area contributed by atoms with Gasteiger partial charge in [-0.05, 0) is 72.9 Å². The lowest BCUT2D eigenvalue weighted by Gasteiger charge is -2.37. The van der Waals surface area contributed by atoms with Gasteiger partial charge in [-0.25, -0.2) is 0 Å². The topological polar surface area (TPSA) is 41.1 Å². The maximum absolute atomic E-state index is 6.33. The van der Waals surface area contributed by atoms with E-state index in [1.165, 1.54) is 12.0 Å². The number of fused-ring (bicyclic) bond motifs is 1. The first-order chi connectivity index (χ1) is 13.5. The predicted octanol–water partition coefficient (Wildman–Crippen LogP) is 5.93. The summed E-state index contributed by atoms with van der Waals surface area (Å²) >= 11 is 9.83. The van der Waals surface area contributed by atoms with Gasteiger partial charge in [0, 0.05) is 22.0 Å². The molecule has 1 aliphatic heterocycles. The van der Waals surface area contributed by atoms with E-state index in [4.69, 9.17) is 16.3 Å². The van der Waals surface area contributed by atoms with Gasteiger partial charge in [0.1, 0.15) is 4.60 Å². The van der Waals surface area contributed by atoms with Crippen molar-refractivity contribution in [1.29, 1.82) is 0 Å². The molecule has 1 N–H and O–H groups in total. The summed E-state index contributed by atoms with van der Waals surface area (Å²) in [7, 11) is 2.20. The Morgan fingerprint density at radius 1 is 1.32 bits per heavy atom. The molecule has 4 rings (SSSR count). The SMILES string of the molecule is C[C@@H](OCC1CC(c2ccccc2)CCN1C)c1cc(Cl)cc2c(Br)[nH]nc12. The fourth-order valence-electron chi connectivity index (χ4n) is 4.12. The molecule has 1 aromatic heterocycles. The van der Waals surface area contributed by atoms with Crippen molar-refractivity contribution in [3.05, 3.63) is 63.2 Å². The van der Waals surface area contributed by atoms with E-state index in [1.54, 1.807) is 0 Å². The van der Waals surface area contributed by atoms with Gasteiger partial charge in [-0.15, -0.1) is 0 Å². The molecule has 3 atom stereocenters. The maximum atomic E-state index is 6.33. The van der Waals surface area contributed by atoms with Crippen LogP contribution in [0.15, 0.2) is 47.1 Å². The van der Waals surface area contributed by atoms with Gasteiger partial charge in [0.05, 0.1) is 18.2 Å². The number of halogens is 2. The molecule has 0 saturated carbocycles. The Kier molecular flexibility index (Phi) is 6.07. The van der Waals surface area contributed by atoms with Gasteiger partial charge in [0.2, 0.25) is 0 Å². The largest absolute Gasteiger partial charge is 0.372 e. The Morgan fingerprint density at radius 2 is 2.11 bits per heavy atom. The highest BCUT2D eigenvalue weighted by Gasteiger charge is 2.28. The van der Waals surface area contributed by atoms with Crippen molar-refractivity contribution >= 4 is 38.4 Å². The molecule has 3 aromatic rings. The van der Waals surface area contributed by atoms with Crippen LogP contribution in [0, 0.1) is 0 Å². The van der Waals surface area contributed by atoms with Crippen molar-refractivity contribution in [2.24, 2.45) is 0 Å². The number of rotatable bonds is 5. The first-order valence-corrected chi connectivity index (χ1v) is 10.9. The van der Waals surface area contributed by atoms with Crippen LogP contribution in [0.5, 0.6) is 0 Å². The second-order valence-corrected chi connectivity index (χ2v) is 8.90. The van der Waals surface area contributed by atoms with E-state index in [0.29, 0.717) is 23.6 Å². The second-order valence-electron chi connectivity index (χ2n) is 7.67. The summed E-state index contributed by atoms with van der Waals surface area (Å²) in [6.07, 6.45) is 2.23. The number of aromatic nitrogens is 2. The Hall–Kier alpha value is -1.40. The molecule has 0 amide bonds. The Balaban J connectivity index is 1.46. The molecular formula is C22H25BrClN3O. The summed E-state index contributed by atoms with van der Waals surface area (Å²) in [5.74, 6) is 0.599. The van der Waals surface area contributed by atoms with Crippen molar-refractivity contribution in [3.63, 3.8) is 0 Å². The lowest BCUT2D eigenvalue weighted by molar-refractivity contribution is 0.00817. The third-order valence-electron chi connectivity index (χ3n) is 5.86. The van der Waals surface area contributed by atoms with E-state index in [1.807, 2.05) is 12.1 Å². The van der Waals surface area contributed by atoms with E-state index in [9.17, 15) is 0 Å². The zero-order valence-electron chi connectivity index (χ0n) is 16.2. The summed E-state index contributed by atoms with van der Waals surface area (Å²) in [6, 6.07) is 15.1.